The van der Waals surface area contributed by atoms with Gasteiger partial charge in [-0.15, -0.1) is 0 Å². The first-order valence-electron chi connectivity index (χ1n) is 6.95. The van der Waals surface area contributed by atoms with Crippen molar-refractivity contribution in [2.45, 2.75) is 25.7 Å². The van der Waals surface area contributed by atoms with E-state index in [0.29, 0.717) is 11.3 Å². The third kappa shape index (κ3) is 3.19. The molecule has 0 aromatic heterocycles. The third-order valence-electron chi connectivity index (χ3n) is 3.64. The molecule has 1 aliphatic rings. The number of anilines is 2. The van der Waals surface area contributed by atoms with E-state index in [4.69, 9.17) is 5.73 Å². The van der Waals surface area contributed by atoms with Gasteiger partial charge in [0.2, 0.25) is 0 Å². The van der Waals surface area contributed by atoms with Gasteiger partial charge in [0, 0.05) is 38.6 Å². The van der Waals surface area contributed by atoms with Crippen molar-refractivity contribution >= 4 is 17.3 Å². The number of rotatable bonds is 2. The molecule has 4 nitrogen and oxygen atoms in total. The van der Waals surface area contributed by atoms with Crippen LogP contribution in [0.15, 0.2) is 18.2 Å². The molecule has 1 aromatic carbocycles. The average Bonchev–Trinajstić information content (AvgIpc) is 2.67. The van der Waals surface area contributed by atoms with Crippen LogP contribution in [0.3, 0.4) is 0 Å². The molecule has 0 aliphatic carbocycles. The zero-order valence-corrected chi connectivity index (χ0v) is 11.9. The van der Waals surface area contributed by atoms with Gasteiger partial charge in [-0.05, 0) is 31.0 Å². The molecule has 0 spiro atoms. The van der Waals surface area contributed by atoms with Crippen molar-refractivity contribution in [3.05, 3.63) is 23.8 Å². The fourth-order valence-corrected chi connectivity index (χ4v) is 2.50. The van der Waals surface area contributed by atoms with Crippen molar-refractivity contribution in [3.63, 3.8) is 0 Å². The second-order valence-corrected chi connectivity index (χ2v) is 5.37. The minimum Gasteiger partial charge on any atom is -0.398 e. The number of nitrogens with two attached hydrogens (primary N) is 1. The normalized spacial score (nSPS) is 16.0. The number of hydrogen-bond acceptors (Lipinski definition) is 3. The predicted octanol–water partition coefficient (Wildman–Crippen LogP) is 2.35. The molecular weight excluding hydrogens is 238 g/mol. The summed E-state index contributed by atoms with van der Waals surface area (Å²) in [5, 5.41) is 0. The lowest BCUT2D eigenvalue weighted by Gasteiger charge is -2.24. The summed E-state index contributed by atoms with van der Waals surface area (Å²) >= 11 is 0. The molecule has 0 unspecified atom stereocenters. The van der Waals surface area contributed by atoms with Crippen LogP contribution in [0, 0.1) is 0 Å². The van der Waals surface area contributed by atoms with E-state index in [0.717, 1.165) is 18.8 Å². The smallest absolute Gasteiger partial charge is 0.255 e. The second-order valence-electron chi connectivity index (χ2n) is 5.37. The summed E-state index contributed by atoms with van der Waals surface area (Å²) in [6.07, 6.45) is 5.05. The highest BCUT2D eigenvalue weighted by Gasteiger charge is 2.16. The number of hydrogen-bond donors (Lipinski definition) is 1. The van der Waals surface area contributed by atoms with Gasteiger partial charge in [-0.1, -0.05) is 12.8 Å². The Morgan fingerprint density at radius 1 is 1.16 bits per heavy atom. The maximum absolute atomic E-state index is 12.1. The van der Waals surface area contributed by atoms with E-state index in [-0.39, 0.29) is 5.91 Å². The van der Waals surface area contributed by atoms with Crippen LogP contribution in [-0.4, -0.2) is 38.0 Å². The molecule has 0 radical (unpaired) electrons. The van der Waals surface area contributed by atoms with E-state index in [1.165, 1.54) is 25.7 Å². The number of nitrogen functional groups attached to an aromatic ring is 1. The number of amides is 1. The van der Waals surface area contributed by atoms with Gasteiger partial charge in [-0.3, -0.25) is 4.79 Å². The first-order valence-corrected chi connectivity index (χ1v) is 6.95. The molecule has 1 aliphatic heterocycles. The van der Waals surface area contributed by atoms with Gasteiger partial charge in [0.15, 0.2) is 0 Å². The van der Waals surface area contributed by atoms with Gasteiger partial charge in [0.25, 0.3) is 5.91 Å². The Morgan fingerprint density at radius 3 is 2.37 bits per heavy atom. The van der Waals surface area contributed by atoms with Crippen LogP contribution < -0.4 is 10.6 Å². The topological polar surface area (TPSA) is 49.6 Å². The van der Waals surface area contributed by atoms with E-state index in [9.17, 15) is 4.79 Å². The Bertz CT molecular complexity index is 449. The highest BCUT2D eigenvalue weighted by Crippen LogP contribution is 2.24. The van der Waals surface area contributed by atoms with Crippen molar-refractivity contribution in [1.29, 1.82) is 0 Å². The van der Waals surface area contributed by atoms with Crippen molar-refractivity contribution < 1.29 is 4.79 Å². The summed E-state index contributed by atoms with van der Waals surface area (Å²) < 4.78 is 0. The quantitative estimate of drug-likeness (QED) is 0.831. The standard InChI is InChI=1S/C15H23N3O/c1-17(2)15(19)13-11-12(7-8-14(13)16)18-9-5-3-4-6-10-18/h7-8,11H,3-6,9-10,16H2,1-2H3. The molecule has 104 valence electrons. The van der Waals surface area contributed by atoms with Crippen LogP contribution in [-0.2, 0) is 0 Å². The monoisotopic (exact) mass is 261 g/mol. The highest BCUT2D eigenvalue weighted by molar-refractivity contribution is 5.99. The summed E-state index contributed by atoms with van der Waals surface area (Å²) in [7, 11) is 3.50. The Morgan fingerprint density at radius 2 is 1.79 bits per heavy atom. The van der Waals surface area contributed by atoms with Gasteiger partial charge in [-0.2, -0.15) is 0 Å². The van der Waals surface area contributed by atoms with Gasteiger partial charge < -0.3 is 15.5 Å². The van der Waals surface area contributed by atoms with Gasteiger partial charge in [0.05, 0.1) is 5.56 Å². The zero-order chi connectivity index (χ0) is 13.8. The largest absolute Gasteiger partial charge is 0.398 e. The van der Waals surface area contributed by atoms with E-state index in [2.05, 4.69) is 4.90 Å². The SMILES string of the molecule is CN(C)C(=O)c1cc(N2CCCCCC2)ccc1N. The van der Waals surface area contributed by atoms with Gasteiger partial charge in [0.1, 0.15) is 0 Å². The molecule has 1 saturated heterocycles. The van der Waals surface area contributed by atoms with Gasteiger partial charge >= 0.3 is 0 Å². The van der Waals surface area contributed by atoms with E-state index in [1.54, 1.807) is 19.0 Å². The maximum Gasteiger partial charge on any atom is 0.255 e. The van der Waals surface area contributed by atoms with Crippen LogP contribution in [0.5, 0.6) is 0 Å². The fourth-order valence-electron chi connectivity index (χ4n) is 2.50. The summed E-state index contributed by atoms with van der Waals surface area (Å²) in [6, 6.07) is 5.80. The predicted molar refractivity (Wildman–Crippen MR) is 79.6 cm³/mol. The van der Waals surface area contributed by atoms with Crippen molar-refractivity contribution in [2.24, 2.45) is 0 Å². The second kappa shape index (κ2) is 5.95. The van der Waals surface area contributed by atoms with Crippen molar-refractivity contribution in [2.75, 3.05) is 37.8 Å². The molecule has 1 heterocycles. The molecule has 2 rings (SSSR count). The zero-order valence-electron chi connectivity index (χ0n) is 11.9. The summed E-state index contributed by atoms with van der Waals surface area (Å²) in [4.78, 5) is 16.0. The Kier molecular flexibility index (Phi) is 4.30. The highest BCUT2D eigenvalue weighted by atomic mass is 16.2. The summed E-state index contributed by atoms with van der Waals surface area (Å²) in [5.41, 5.74) is 8.19. The first kappa shape index (κ1) is 13.7. The van der Waals surface area contributed by atoms with E-state index >= 15 is 0 Å². The van der Waals surface area contributed by atoms with Crippen molar-refractivity contribution in [1.82, 2.24) is 4.90 Å². The van der Waals surface area contributed by atoms with Crippen LogP contribution in [0.4, 0.5) is 11.4 Å². The molecule has 1 amide bonds. The number of nitrogens with zero attached hydrogens (tertiary/aromatic N) is 2. The van der Waals surface area contributed by atoms with Crippen LogP contribution in [0.25, 0.3) is 0 Å². The molecule has 19 heavy (non-hydrogen) atoms. The lowest BCUT2D eigenvalue weighted by atomic mass is 10.1. The average molecular weight is 261 g/mol. The lowest BCUT2D eigenvalue weighted by molar-refractivity contribution is 0.0828. The molecule has 0 bridgehead atoms. The Hall–Kier alpha value is -1.71. The first-order chi connectivity index (χ1) is 9.09. The third-order valence-corrected chi connectivity index (χ3v) is 3.64. The maximum atomic E-state index is 12.1. The van der Waals surface area contributed by atoms with Crippen LogP contribution in [0.1, 0.15) is 36.0 Å². The molecule has 0 atom stereocenters. The van der Waals surface area contributed by atoms with E-state index < -0.39 is 0 Å². The molecule has 2 N–H and O–H groups in total. The minimum atomic E-state index is -0.0332. The number of carbonyl (C=O) groups excluding carboxylic acids is 1. The Balaban J connectivity index is 2.26. The summed E-state index contributed by atoms with van der Waals surface area (Å²) in [5.74, 6) is -0.0332. The number of carbonyl (C=O) groups is 1. The van der Waals surface area contributed by atoms with Gasteiger partial charge in [-0.25, -0.2) is 0 Å². The van der Waals surface area contributed by atoms with E-state index in [1.807, 2.05) is 18.2 Å². The Labute approximate surface area is 115 Å². The molecule has 0 saturated carbocycles. The summed E-state index contributed by atoms with van der Waals surface area (Å²) in [6.45, 7) is 2.14. The van der Waals surface area contributed by atoms with Crippen molar-refractivity contribution in [3.8, 4) is 0 Å². The molecule has 1 fully saturated rings. The number of benzene rings is 1. The molecular formula is C15H23N3O. The fraction of sp³-hybridized carbons (Fsp3) is 0.533. The van der Waals surface area contributed by atoms with Crippen LogP contribution in [0.2, 0.25) is 0 Å². The minimum absolute atomic E-state index is 0.0332. The lowest BCUT2D eigenvalue weighted by Crippen LogP contribution is -2.26. The van der Waals surface area contributed by atoms with Crippen LogP contribution >= 0.6 is 0 Å². The molecule has 4 heteroatoms. The molecule has 1 aromatic rings.